The van der Waals surface area contributed by atoms with Gasteiger partial charge in [0.15, 0.2) is 0 Å². The molecule has 0 aromatic heterocycles. The fourth-order valence-corrected chi connectivity index (χ4v) is 2.96. The number of nitrogens with one attached hydrogen (secondary N) is 1. The summed E-state index contributed by atoms with van der Waals surface area (Å²) in [5.74, 6) is 0.110. The van der Waals surface area contributed by atoms with E-state index in [4.69, 9.17) is 14.2 Å². The maximum Gasteiger partial charge on any atom is 0.335 e. The van der Waals surface area contributed by atoms with Crippen LogP contribution in [-0.2, 0) is 11.3 Å². The van der Waals surface area contributed by atoms with Crippen molar-refractivity contribution in [1.82, 2.24) is 4.90 Å². The van der Waals surface area contributed by atoms with Crippen molar-refractivity contribution in [3.05, 3.63) is 53.6 Å². The van der Waals surface area contributed by atoms with Crippen LogP contribution in [0.5, 0.6) is 11.5 Å². The minimum atomic E-state index is -1.03. The molecule has 1 heterocycles. The number of aromatic carboxylic acids is 1. The van der Waals surface area contributed by atoms with Crippen LogP contribution in [-0.4, -0.2) is 55.5 Å². The van der Waals surface area contributed by atoms with Crippen LogP contribution < -0.4 is 14.8 Å². The first kappa shape index (κ1) is 19.5. The van der Waals surface area contributed by atoms with Gasteiger partial charge >= 0.3 is 12.0 Å². The Kier molecular flexibility index (Phi) is 6.00. The third-order valence-corrected chi connectivity index (χ3v) is 4.37. The molecule has 0 saturated heterocycles. The lowest BCUT2D eigenvalue weighted by atomic mass is 10.1. The summed E-state index contributed by atoms with van der Waals surface area (Å²) in [6.45, 7) is 0.855. The zero-order valence-electron chi connectivity index (χ0n) is 15.7. The molecule has 0 saturated carbocycles. The number of methoxy groups -OCH3 is 2. The lowest BCUT2D eigenvalue weighted by Gasteiger charge is -2.24. The summed E-state index contributed by atoms with van der Waals surface area (Å²) in [7, 11) is 3.12. The van der Waals surface area contributed by atoms with E-state index in [1.165, 1.54) is 12.1 Å². The summed E-state index contributed by atoms with van der Waals surface area (Å²) in [4.78, 5) is 25.7. The first-order valence-electron chi connectivity index (χ1n) is 8.72. The molecule has 1 aliphatic rings. The van der Waals surface area contributed by atoms with E-state index in [9.17, 15) is 14.7 Å². The minimum absolute atomic E-state index is 0.131. The molecule has 2 aromatic carbocycles. The largest absolute Gasteiger partial charge is 0.497 e. The topological polar surface area (TPSA) is 97.3 Å². The molecule has 8 nitrogen and oxygen atoms in total. The van der Waals surface area contributed by atoms with Gasteiger partial charge in [-0.15, -0.1) is 0 Å². The molecular formula is C20H22N2O6. The zero-order chi connectivity index (χ0) is 20.1. The Morgan fingerprint density at radius 2 is 1.96 bits per heavy atom. The molecule has 0 radical (unpaired) electrons. The summed E-state index contributed by atoms with van der Waals surface area (Å²) < 4.78 is 16.2. The van der Waals surface area contributed by atoms with Crippen molar-refractivity contribution in [3.63, 3.8) is 0 Å². The first-order valence-corrected chi connectivity index (χ1v) is 8.72. The van der Waals surface area contributed by atoms with Crippen molar-refractivity contribution >= 4 is 17.7 Å². The summed E-state index contributed by atoms with van der Waals surface area (Å²) in [6.07, 6.45) is -0.420. The van der Waals surface area contributed by atoms with Crippen LogP contribution in [0.3, 0.4) is 0 Å². The number of carbonyl (C=O) groups is 2. The van der Waals surface area contributed by atoms with Gasteiger partial charge in [0, 0.05) is 18.4 Å². The van der Waals surface area contributed by atoms with Crippen LogP contribution in [0.1, 0.15) is 15.9 Å². The second-order valence-corrected chi connectivity index (χ2v) is 6.36. The van der Waals surface area contributed by atoms with E-state index in [-0.39, 0.29) is 24.7 Å². The summed E-state index contributed by atoms with van der Waals surface area (Å²) in [5, 5.41) is 12.1. The Hall–Kier alpha value is -3.26. The average Bonchev–Trinajstić information content (AvgIpc) is 2.87. The maximum atomic E-state index is 12.8. The van der Waals surface area contributed by atoms with Crippen molar-refractivity contribution in [2.75, 3.05) is 32.7 Å². The predicted octanol–water partition coefficient (Wildman–Crippen LogP) is 2.83. The van der Waals surface area contributed by atoms with Gasteiger partial charge in [-0.2, -0.15) is 0 Å². The lowest BCUT2D eigenvalue weighted by molar-refractivity contribution is 0.0669. The number of carbonyl (C=O) groups excluding carboxylic acids is 1. The van der Waals surface area contributed by atoms with Crippen molar-refractivity contribution < 1.29 is 28.9 Å². The molecule has 0 fully saturated rings. The Labute approximate surface area is 162 Å². The highest BCUT2D eigenvalue weighted by Gasteiger charge is 2.27. The number of benzene rings is 2. The quantitative estimate of drug-likeness (QED) is 0.820. The van der Waals surface area contributed by atoms with Crippen molar-refractivity contribution in [2.45, 2.75) is 12.6 Å². The molecule has 148 valence electrons. The number of carboxylic acid groups (broad SMARTS) is 1. The monoisotopic (exact) mass is 386 g/mol. The molecule has 0 bridgehead atoms. The second kappa shape index (κ2) is 8.62. The van der Waals surface area contributed by atoms with Crippen molar-refractivity contribution in [1.29, 1.82) is 0 Å². The van der Waals surface area contributed by atoms with E-state index in [1.54, 1.807) is 49.5 Å². The van der Waals surface area contributed by atoms with E-state index < -0.39 is 12.1 Å². The predicted molar refractivity (Wildman–Crippen MR) is 102 cm³/mol. The van der Waals surface area contributed by atoms with Crippen LogP contribution >= 0.6 is 0 Å². The molecular weight excluding hydrogens is 364 g/mol. The Bertz CT molecular complexity index is 852. The van der Waals surface area contributed by atoms with Crippen LogP contribution in [0, 0.1) is 0 Å². The number of hydrogen-bond acceptors (Lipinski definition) is 5. The van der Waals surface area contributed by atoms with E-state index in [0.717, 1.165) is 5.56 Å². The molecule has 8 heteroatoms. The standard InChI is InChI=1S/C20H22N2O6/c1-26-12-17-11-22(20(25)21-15-5-7-16(27-2)8-6-15)10-14-4-3-13(19(23)24)9-18(14)28-17/h3-9,17H,10-12H2,1-2H3,(H,21,25)(H,23,24). The fraction of sp³-hybridized carbons (Fsp3) is 0.300. The number of carboxylic acids is 1. The maximum absolute atomic E-state index is 12.8. The van der Waals surface area contributed by atoms with E-state index in [2.05, 4.69) is 5.32 Å². The van der Waals surface area contributed by atoms with Gasteiger partial charge in [-0.3, -0.25) is 0 Å². The number of fused-ring (bicyclic) bond motifs is 1. The van der Waals surface area contributed by atoms with Gasteiger partial charge in [0.25, 0.3) is 0 Å². The van der Waals surface area contributed by atoms with Gasteiger partial charge in [0.2, 0.25) is 0 Å². The highest BCUT2D eigenvalue weighted by Crippen LogP contribution is 2.27. The van der Waals surface area contributed by atoms with Gasteiger partial charge in [0.05, 0.1) is 32.4 Å². The first-order chi connectivity index (χ1) is 13.5. The third kappa shape index (κ3) is 4.52. The van der Waals surface area contributed by atoms with Gasteiger partial charge in [0.1, 0.15) is 17.6 Å². The number of rotatable bonds is 5. The summed E-state index contributed by atoms with van der Waals surface area (Å²) >= 11 is 0. The number of hydrogen-bond donors (Lipinski definition) is 2. The van der Waals surface area contributed by atoms with E-state index >= 15 is 0 Å². The number of amides is 2. The summed E-state index contributed by atoms with van der Waals surface area (Å²) in [5.41, 5.74) is 1.50. The Morgan fingerprint density at radius 1 is 1.21 bits per heavy atom. The zero-order valence-corrected chi connectivity index (χ0v) is 15.7. The highest BCUT2D eigenvalue weighted by atomic mass is 16.5. The van der Waals surface area contributed by atoms with Gasteiger partial charge in [-0.25, -0.2) is 9.59 Å². The Balaban J connectivity index is 1.81. The molecule has 28 heavy (non-hydrogen) atoms. The van der Waals surface area contributed by atoms with Crippen molar-refractivity contribution in [3.8, 4) is 11.5 Å². The number of urea groups is 1. The molecule has 3 rings (SSSR count). The minimum Gasteiger partial charge on any atom is -0.497 e. The van der Waals surface area contributed by atoms with Crippen LogP contribution in [0.15, 0.2) is 42.5 Å². The number of ether oxygens (including phenoxy) is 3. The van der Waals surface area contributed by atoms with Crippen LogP contribution in [0.2, 0.25) is 0 Å². The van der Waals surface area contributed by atoms with Gasteiger partial charge in [-0.05, 0) is 36.4 Å². The normalized spacial score (nSPS) is 15.8. The van der Waals surface area contributed by atoms with Gasteiger partial charge < -0.3 is 29.5 Å². The molecule has 2 aromatic rings. The number of anilines is 1. The molecule has 1 aliphatic heterocycles. The smallest absolute Gasteiger partial charge is 0.335 e. The van der Waals surface area contributed by atoms with Crippen molar-refractivity contribution in [2.24, 2.45) is 0 Å². The highest BCUT2D eigenvalue weighted by molar-refractivity contribution is 5.90. The fourth-order valence-electron chi connectivity index (χ4n) is 2.96. The van der Waals surface area contributed by atoms with E-state index in [1.807, 2.05) is 0 Å². The third-order valence-electron chi connectivity index (χ3n) is 4.37. The SMILES string of the molecule is COCC1CN(C(=O)Nc2ccc(OC)cc2)Cc2ccc(C(=O)O)cc2O1. The molecule has 0 spiro atoms. The average molecular weight is 386 g/mol. The van der Waals surface area contributed by atoms with Crippen LogP contribution in [0.25, 0.3) is 0 Å². The molecule has 2 N–H and O–H groups in total. The van der Waals surface area contributed by atoms with Crippen LogP contribution in [0.4, 0.5) is 10.5 Å². The molecule has 0 aliphatic carbocycles. The molecule has 1 atom stereocenters. The second-order valence-electron chi connectivity index (χ2n) is 6.36. The molecule has 1 unspecified atom stereocenters. The Morgan fingerprint density at radius 3 is 2.61 bits per heavy atom. The summed E-state index contributed by atoms with van der Waals surface area (Å²) in [6, 6.07) is 11.4. The van der Waals surface area contributed by atoms with Gasteiger partial charge in [-0.1, -0.05) is 6.07 Å². The van der Waals surface area contributed by atoms with E-state index in [0.29, 0.717) is 23.7 Å². The lowest BCUT2D eigenvalue weighted by Crippen LogP contribution is -2.41. The molecule has 2 amide bonds. The number of nitrogens with zero attached hydrogens (tertiary/aromatic N) is 1.